The predicted octanol–water partition coefficient (Wildman–Crippen LogP) is 2.13. The number of rotatable bonds is 8. The summed E-state index contributed by atoms with van der Waals surface area (Å²) in [6.45, 7) is 1.26. The molecule has 0 aromatic heterocycles. The normalized spacial score (nSPS) is 10.4. The molecule has 4 nitrogen and oxygen atoms in total. The summed E-state index contributed by atoms with van der Waals surface area (Å²) >= 11 is 0. The van der Waals surface area contributed by atoms with Gasteiger partial charge in [0.2, 0.25) is 0 Å². The second kappa shape index (κ2) is 7.95. The molecule has 0 spiro atoms. The highest BCUT2D eigenvalue weighted by Crippen LogP contribution is 2.34. The zero-order chi connectivity index (χ0) is 13.4. The van der Waals surface area contributed by atoms with Crippen LogP contribution in [-0.4, -0.2) is 27.9 Å². The average Bonchev–Trinajstić information content (AvgIpc) is 2.40. The Morgan fingerprint density at radius 2 is 1.83 bits per heavy atom. The van der Waals surface area contributed by atoms with Gasteiger partial charge in [-0.1, -0.05) is 6.07 Å². The minimum Gasteiger partial charge on any atom is -0.493 e. The van der Waals surface area contributed by atoms with Crippen LogP contribution < -0.4 is 15.2 Å². The Bertz CT molecular complexity index is 366. The molecule has 0 bridgehead atoms. The maximum Gasteiger partial charge on any atom is 0.166 e. The summed E-state index contributed by atoms with van der Waals surface area (Å²) in [7, 11) is 4.98. The molecule has 0 fully saturated rings. The Kier molecular flexibility index (Phi) is 6.54. The van der Waals surface area contributed by atoms with Crippen LogP contribution in [0.3, 0.4) is 0 Å². The van der Waals surface area contributed by atoms with Crippen molar-refractivity contribution in [1.29, 1.82) is 0 Å². The molecule has 0 heterocycles. The van der Waals surface area contributed by atoms with Crippen LogP contribution in [0.25, 0.3) is 0 Å². The van der Waals surface area contributed by atoms with Gasteiger partial charge in [-0.25, -0.2) is 0 Å². The second-order valence-corrected chi connectivity index (χ2v) is 4.12. The summed E-state index contributed by atoms with van der Waals surface area (Å²) in [6, 6.07) is 4.02. The van der Waals surface area contributed by atoms with E-state index in [0.29, 0.717) is 6.61 Å². The second-order valence-electron chi connectivity index (χ2n) is 4.12. The molecule has 0 radical (unpaired) electrons. The molecule has 1 aromatic rings. The number of nitrogens with two attached hydrogens (primary N) is 1. The quantitative estimate of drug-likeness (QED) is 0.721. The molecular formula is C14H23NO3. The van der Waals surface area contributed by atoms with E-state index in [9.17, 15) is 0 Å². The number of ether oxygens (including phenoxy) is 3. The molecule has 102 valence electrons. The topological polar surface area (TPSA) is 53.7 Å². The van der Waals surface area contributed by atoms with Crippen molar-refractivity contribution in [1.82, 2.24) is 0 Å². The molecule has 0 atom stereocenters. The number of benzene rings is 1. The third kappa shape index (κ3) is 3.62. The van der Waals surface area contributed by atoms with Crippen molar-refractivity contribution in [3.63, 3.8) is 0 Å². The van der Waals surface area contributed by atoms with Crippen molar-refractivity contribution in [2.75, 3.05) is 27.9 Å². The van der Waals surface area contributed by atoms with Gasteiger partial charge < -0.3 is 19.9 Å². The molecule has 0 aliphatic carbocycles. The van der Waals surface area contributed by atoms with Crippen molar-refractivity contribution >= 4 is 0 Å². The number of hydrogen-bond donors (Lipinski definition) is 1. The van der Waals surface area contributed by atoms with Crippen LogP contribution >= 0.6 is 0 Å². The van der Waals surface area contributed by atoms with Gasteiger partial charge in [0.15, 0.2) is 11.5 Å². The standard InChI is InChI=1S/C14H23NO3/c1-16-10-12-11(6-4-5-9-15)7-8-13(17-2)14(12)18-3/h7-8H,4-6,9-10,15H2,1-3H3. The van der Waals surface area contributed by atoms with E-state index in [1.54, 1.807) is 21.3 Å². The van der Waals surface area contributed by atoms with E-state index in [1.165, 1.54) is 5.56 Å². The van der Waals surface area contributed by atoms with E-state index in [1.807, 2.05) is 6.07 Å². The molecular weight excluding hydrogens is 230 g/mol. The largest absolute Gasteiger partial charge is 0.493 e. The highest BCUT2D eigenvalue weighted by Gasteiger charge is 2.14. The molecule has 4 heteroatoms. The summed E-state index contributed by atoms with van der Waals surface area (Å²) in [5.74, 6) is 1.51. The summed E-state index contributed by atoms with van der Waals surface area (Å²) < 4.78 is 16.0. The minimum absolute atomic E-state index is 0.526. The maximum atomic E-state index is 5.52. The number of aryl methyl sites for hydroxylation is 1. The van der Waals surface area contributed by atoms with Crippen molar-refractivity contribution in [2.24, 2.45) is 5.73 Å². The van der Waals surface area contributed by atoms with Gasteiger partial charge in [0, 0.05) is 12.7 Å². The summed E-state index contributed by atoms with van der Waals surface area (Å²) in [4.78, 5) is 0. The summed E-state index contributed by atoms with van der Waals surface area (Å²) in [6.07, 6.45) is 3.08. The van der Waals surface area contributed by atoms with E-state index in [-0.39, 0.29) is 0 Å². The van der Waals surface area contributed by atoms with Crippen molar-refractivity contribution in [2.45, 2.75) is 25.9 Å². The Hall–Kier alpha value is -1.26. The fourth-order valence-corrected chi connectivity index (χ4v) is 2.03. The van der Waals surface area contributed by atoms with Crippen LogP contribution in [0.15, 0.2) is 12.1 Å². The lowest BCUT2D eigenvalue weighted by molar-refractivity contribution is 0.180. The van der Waals surface area contributed by atoms with Crippen LogP contribution in [0, 0.1) is 0 Å². The number of methoxy groups -OCH3 is 3. The van der Waals surface area contributed by atoms with E-state index < -0.39 is 0 Å². The lowest BCUT2D eigenvalue weighted by Crippen LogP contribution is -2.04. The first-order chi connectivity index (χ1) is 8.78. The van der Waals surface area contributed by atoms with Crippen LogP contribution in [0.5, 0.6) is 11.5 Å². The molecule has 0 saturated heterocycles. The third-order valence-corrected chi connectivity index (χ3v) is 2.93. The van der Waals surface area contributed by atoms with Gasteiger partial charge in [0.25, 0.3) is 0 Å². The zero-order valence-electron chi connectivity index (χ0n) is 11.5. The Labute approximate surface area is 109 Å². The highest BCUT2D eigenvalue weighted by molar-refractivity contribution is 5.50. The lowest BCUT2D eigenvalue weighted by Gasteiger charge is -2.16. The first kappa shape index (κ1) is 14.8. The average molecular weight is 253 g/mol. The fourth-order valence-electron chi connectivity index (χ4n) is 2.03. The summed E-state index contributed by atoms with van der Waals surface area (Å²) in [5, 5.41) is 0. The SMILES string of the molecule is COCc1c(CCCCN)ccc(OC)c1OC. The van der Waals surface area contributed by atoms with Gasteiger partial charge in [0.1, 0.15) is 0 Å². The van der Waals surface area contributed by atoms with Gasteiger partial charge in [0.05, 0.1) is 20.8 Å². The molecule has 2 N–H and O–H groups in total. The monoisotopic (exact) mass is 253 g/mol. The maximum absolute atomic E-state index is 5.52. The van der Waals surface area contributed by atoms with Crippen molar-refractivity contribution in [3.05, 3.63) is 23.3 Å². The van der Waals surface area contributed by atoms with Crippen molar-refractivity contribution in [3.8, 4) is 11.5 Å². The highest BCUT2D eigenvalue weighted by atomic mass is 16.5. The van der Waals surface area contributed by atoms with Gasteiger partial charge >= 0.3 is 0 Å². The van der Waals surface area contributed by atoms with Crippen LogP contribution in [0.1, 0.15) is 24.0 Å². The first-order valence-corrected chi connectivity index (χ1v) is 6.20. The fraction of sp³-hybridized carbons (Fsp3) is 0.571. The van der Waals surface area contributed by atoms with Crippen molar-refractivity contribution < 1.29 is 14.2 Å². The number of unbranched alkanes of at least 4 members (excludes halogenated alkanes) is 1. The van der Waals surface area contributed by atoms with E-state index in [2.05, 4.69) is 6.07 Å². The molecule has 0 saturated carbocycles. The summed E-state index contributed by atoms with van der Waals surface area (Å²) in [5.41, 5.74) is 7.83. The molecule has 0 amide bonds. The third-order valence-electron chi connectivity index (χ3n) is 2.93. The lowest BCUT2D eigenvalue weighted by atomic mass is 10.0. The molecule has 1 rings (SSSR count). The molecule has 1 aromatic carbocycles. The zero-order valence-corrected chi connectivity index (χ0v) is 11.5. The van der Waals surface area contributed by atoms with Gasteiger partial charge in [-0.15, -0.1) is 0 Å². The van der Waals surface area contributed by atoms with E-state index in [4.69, 9.17) is 19.9 Å². The molecule has 0 aliphatic heterocycles. The Morgan fingerprint density at radius 1 is 1.06 bits per heavy atom. The smallest absolute Gasteiger partial charge is 0.166 e. The minimum atomic E-state index is 0.526. The van der Waals surface area contributed by atoms with Gasteiger partial charge in [-0.2, -0.15) is 0 Å². The van der Waals surface area contributed by atoms with Crippen LogP contribution in [0.4, 0.5) is 0 Å². The Balaban J connectivity index is 3.00. The van der Waals surface area contributed by atoms with E-state index in [0.717, 1.165) is 42.9 Å². The Morgan fingerprint density at radius 3 is 2.39 bits per heavy atom. The molecule has 0 aliphatic rings. The van der Waals surface area contributed by atoms with Crippen LogP contribution in [-0.2, 0) is 17.8 Å². The van der Waals surface area contributed by atoms with Crippen LogP contribution in [0.2, 0.25) is 0 Å². The van der Waals surface area contributed by atoms with E-state index >= 15 is 0 Å². The molecule has 18 heavy (non-hydrogen) atoms. The molecule has 0 unspecified atom stereocenters. The number of hydrogen-bond acceptors (Lipinski definition) is 4. The predicted molar refractivity (Wildman–Crippen MR) is 72.3 cm³/mol. The first-order valence-electron chi connectivity index (χ1n) is 6.20. The van der Waals surface area contributed by atoms with Gasteiger partial charge in [-0.05, 0) is 37.4 Å². The van der Waals surface area contributed by atoms with Gasteiger partial charge in [-0.3, -0.25) is 0 Å².